The SMILES string of the molecule is COCCCNC(=O)/C(C#N)=C/c1cc(C)n(-c2c(C)cccc2C)c1C. The van der Waals surface area contributed by atoms with Crippen molar-refractivity contribution in [2.24, 2.45) is 0 Å². The second-order valence-electron chi connectivity index (χ2n) is 6.67. The van der Waals surface area contributed by atoms with Crippen molar-refractivity contribution in [1.82, 2.24) is 9.88 Å². The lowest BCUT2D eigenvalue weighted by molar-refractivity contribution is -0.117. The van der Waals surface area contributed by atoms with Gasteiger partial charge in [-0.25, -0.2) is 0 Å². The molecule has 0 spiro atoms. The number of carbonyl (C=O) groups excluding carboxylic acids is 1. The second kappa shape index (κ2) is 9.20. The predicted molar refractivity (Wildman–Crippen MR) is 108 cm³/mol. The lowest BCUT2D eigenvalue weighted by Crippen LogP contribution is -2.26. The highest BCUT2D eigenvalue weighted by molar-refractivity contribution is 6.01. The van der Waals surface area contributed by atoms with Crippen LogP contribution in [0, 0.1) is 39.0 Å². The fraction of sp³-hybridized carbons (Fsp3) is 0.364. The molecule has 0 aliphatic rings. The molecule has 0 radical (unpaired) electrons. The average Bonchev–Trinajstić information content (AvgIpc) is 2.90. The van der Waals surface area contributed by atoms with Crippen molar-refractivity contribution >= 4 is 12.0 Å². The molecule has 0 aliphatic heterocycles. The first-order chi connectivity index (χ1) is 12.9. The molecule has 2 aromatic rings. The van der Waals surface area contributed by atoms with Crippen LogP contribution in [0.1, 0.15) is 34.5 Å². The number of rotatable bonds is 7. The van der Waals surface area contributed by atoms with Gasteiger partial charge < -0.3 is 14.6 Å². The molecule has 1 aromatic carbocycles. The number of para-hydroxylation sites is 1. The normalized spacial score (nSPS) is 11.3. The molecule has 0 aliphatic carbocycles. The van der Waals surface area contributed by atoms with Crippen LogP contribution in [-0.4, -0.2) is 30.7 Å². The summed E-state index contributed by atoms with van der Waals surface area (Å²) in [5.41, 5.74) is 6.56. The van der Waals surface area contributed by atoms with E-state index in [1.807, 2.05) is 32.0 Å². The van der Waals surface area contributed by atoms with Gasteiger partial charge in [-0.3, -0.25) is 4.79 Å². The molecular formula is C22H27N3O2. The maximum Gasteiger partial charge on any atom is 0.261 e. The number of ether oxygens (including phenoxy) is 1. The number of benzene rings is 1. The van der Waals surface area contributed by atoms with E-state index in [9.17, 15) is 10.1 Å². The van der Waals surface area contributed by atoms with Crippen LogP contribution in [0.4, 0.5) is 0 Å². The van der Waals surface area contributed by atoms with Gasteiger partial charge in [-0.05, 0) is 62.9 Å². The Morgan fingerprint density at radius 2 is 1.93 bits per heavy atom. The number of methoxy groups -OCH3 is 1. The standard InChI is InChI=1S/C22H27N3O2/c1-15-8-6-9-16(2)21(15)25-17(3)12-19(18(25)4)13-20(14-23)22(26)24-10-7-11-27-5/h6,8-9,12-13H,7,10-11H2,1-5H3,(H,24,26)/b20-13+. The third-order valence-electron chi connectivity index (χ3n) is 4.61. The topological polar surface area (TPSA) is 67.0 Å². The van der Waals surface area contributed by atoms with E-state index in [0.29, 0.717) is 19.6 Å². The van der Waals surface area contributed by atoms with Crippen molar-refractivity contribution in [3.05, 3.63) is 57.9 Å². The van der Waals surface area contributed by atoms with Gasteiger partial charge in [0.05, 0.1) is 5.69 Å². The van der Waals surface area contributed by atoms with Crippen molar-refractivity contribution in [2.45, 2.75) is 34.1 Å². The monoisotopic (exact) mass is 365 g/mol. The average molecular weight is 365 g/mol. The highest BCUT2D eigenvalue weighted by Gasteiger charge is 2.15. The van der Waals surface area contributed by atoms with E-state index in [1.165, 1.54) is 11.1 Å². The van der Waals surface area contributed by atoms with Crippen LogP contribution in [0.25, 0.3) is 11.8 Å². The Labute approximate surface area is 161 Å². The number of carbonyl (C=O) groups is 1. The van der Waals surface area contributed by atoms with Crippen LogP contribution in [0.15, 0.2) is 29.8 Å². The van der Waals surface area contributed by atoms with Crippen LogP contribution in [-0.2, 0) is 9.53 Å². The molecule has 1 amide bonds. The zero-order valence-corrected chi connectivity index (χ0v) is 16.7. The summed E-state index contributed by atoms with van der Waals surface area (Å²) in [6.07, 6.45) is 2.38. The molecule has 1 aromatic heterocycles. The third-order valence-corrected chi connectivity index (χ3v) is 4.61. The Balaban J connectivity index is 2.36. The Bertz CT molecular complexity index is 881. The number of hydrogen-bond acceptors (Lipinski definition) is 3. The van der Waals surface area contributed by atoms with Gasteiger partial charge in [-0.2, -0.15) is 5.26 Å². The lowest BCUT2D eigenvalue weighted by atomic mass is 10.1. The minimum atomic E-state index is -0.356. The lowest BCUT2D eigenvalue weighted by Gasteiger charge is -2.15. The molecule has 0 saturated heterocycles. The zero-order valence-electron chi connectivity index (χ0n) is 16.7. The Hall–Kier alpha value is -2.84. The molecular weight excluding hydrogens is 338 g/mol. The van der Waals surface area contributed by atoms with Crippen LogP contribution >= 0.6 is 0 Å². The number of nitriles is 1. The summed E-state index contributed by atoms with van der Waals surface area (Å²) in [6.45, 7) is 9.27. The van der Waals surface area contributed by atoms with E-state index in [-0.39, 0.29) is 11.5 Å². The quantitative estimate of drug-likeness (QED) is 0.461. The van der Waals surface area contributed by atoms with E-state index in [4.69, 9.17) is 4.74 Å². The van der Waals surface area contributed by atoms with Crippen molar-refractivity contribution in [3.63, 3.8) is 0 Å². The summed E-state index contributed by atoms with van der Waals surface area (Å²) in [5, 5.41) is 12.2. The van der Waals surface area contributed by atoms with Gasteiger partial charge in [0.2, 0.25) is 0 Å². The van der Waals surface area contributed by atoms with Crippen LogP contribution in [0.3, 0.4) is 0 Å². The molecule has 1 heterocycles. The number of aryl methyl sites for hydroxylation is 3. The maximum absolute atomic E-state index is 12.3. The molecule has 0 atom stereocenters. The summed E-state index contributed by atoms with van der Waals surface area (Å²) in [4.78, 5) is 12.3. The minimum absolute atomic E-state index is 0.106. The third kappa shape index (κ3) is 4.66. The minimum Gasteiger partial charge on any atom is -0.385 e. The number of amides is 1. The summed E-state index contributed by atoms with van der Waals surface area (Å²) in [7, 11) is 1.62. The second-order valence-corrected chi connectivity index (χ2v) is 6.67. The number of nitrogens with one attached hydrogen (secondary N) is 1. The van der Waals surface area contributed by atoms with Crippen molar-refractivity contribution in [1.29, 1.82) is 5.26 Å². The van der Waals surface area contributed by atoms with Gasteiger partial charge in [-0.1, -0.05) is 18.2 Å². The van der Waals surface area contributed by atoms with Crippen molar-refractivity contribution in [2.75, 3.05) is 20.3 Å². The largest absolute Gasteiger partial charge is 0.385 e. The molecule has 0 saturated carbocycles. The van der Waals surface area contributed by atoms with E-state index >= 15 is 0 Å². The molecule has 0 unspecified atom stereocenters. The summed E-state index contributed by atoms with van der Waals surface area (Å²) in [5.74, 6) is -0.356. The van der Waals surface area contributed by atoms with E-state index < -0.39 is 0 Å². The Morgan fingerprint density at radius 3 is 2.52 bits per heavy atom. The maximum atomic E-state index is 12.3. The number of nitrogens with zero attached hydrogens (tertiary/aromatic N) is 2. The van der Waals surface area contributed by atoms with Gasteiger partial charge >= 0.3 is 0 Å². The first-order valence-electron chi connectivity index (χ1n) is 9.05. The number of hydrogen-bond donors (Lipinski definition) is 1. The van der Waals surface area contributed by atoms with Gasteiger partial charge in [0.25, 0.3) is 5.91 Å². The van der Waals surface area contributed by atoms with E-state index in [1.54, 1.807) is 13.2 Å². The Kier molecular flexibility index (Phi) is 6.98. The highest BCUT2D eigenvalue weighted by atomic mass is 16.5. The van der Waals surface area contributed by atoms with Crippen LogP contribution < -0.4 is 5.32 Å². The zero-order chi connectivity index (χ0) is 20.0. The molecule has 142 valence electrons. The summed E-state index contributed by atoms with van der Waals surface area (Å²) >= 11 is 0. The van der Waals surface area contributed by atoms with Crippen molar-refractivity contribution in [3.8, 4) is 11.8 Å². The van der Waals surface area contributed by atoms with E-state index in [2.05, 4.69) is 35.9 Å². The molecule has 5 nitrogen and oxygen atoms in total. The fourth-order valence-electron chi connectivity index (χ4n) is 3.25. The predicted octanol–water partition coefficient (Wildman–Crippen LogP) is 3.77. The van der Waals surface area contributed by atoms with Gasteiger partial charge in [0, 0.05) is 31.6 Å². The molecule has 0 fully saturated rings. The van der Waals surface area contributed by atoms with Crippen LogP contribution in [0.2, 0.25) is 0 Å². The fourth-order valence-corrected chi connectivity index (χ4v) is 3.25. The van der Waals surface area contributed by atoms with Crippen molar-refractivity contribution < 1.29 is 9.53 Å². The van der Waals surface area contributed by atoms with Gasteiger partial charge in [0.15, 0.2) is 0 Å². The Morgan fingerprint density at radius 1 is 1.26 bits per heavy atom. The van der Waals surface area contributed by atoms with Gasteiger partial charge in [-0.15, -0.1) is 0 Å². The van der Waals surface area contributed by atoms with Crippen LogP contribution in [0.5, 0.6) is 0 Å². The molecule has 0 bridgehead atoms. The molecule has 5 heteroatoms. The highest BCUT2D eigenvalue weighted by Crippen LogP contribution is 2.27. The summed E-state index contributed by atoms with van der Waals surface area (Å²) < 4.78 is 7.15. The first-order valence-corrected chi connectivity index (χ1v) is 9.05. The van der Waals surface area contributed by atoms with Gasteiger partial charge in [0.1, 0.15) is 11.6 Å². The molecule has 1 N–H and O–H groups in total. The smallest absolute Gasteiger partial charge is 0.261 e. The summed E-state index contributed by atoms with van der Waals surface area (Å²) in [6, 6.07) is 10.3. The first kappa shape index (κ1) is 20.5. The van der Waals surface area contributed by atoms with E-state index in [0.717, 1.165) is 22.6 Å². The molecule has 27 heavy (non-hydrogen) atoms. The number of aromatic nitrogens is 1. The molecule has 2 rings (SSSR count).